The Bertz CT molecular complexity index is 738. The third kappa shape index (κ3) is 3.18. The highest BCUT2D eigenvalue weighted by molar-refractivity contribution is 7.91. The van der Waals surface area contributed by atoms with Crippen LogP contribution < -0.4 is 16.0 Å². The van der Waals surface area contributed by atoms with E-state index in [0.29, 0.717) is 16.9 Å². The number of H-pyrrole nitrogens is 1. The first-order chi connectivity index (χ1) is 9.85. The first-order valence-electron chi connectivity index (χ1n) is 5.61. The van der Waals surface area contributed by atoms with Crippen LogP contribution in [0.15, 0.2) is 22.7 Å². The number of hydrogen-bond donors (Lipinski definition) is 4. The minimum atomic E-state index is -3.90. The zero-order chi connectivity index (χ0) is 15.6. The molecule has 0 aromatic carbocycles. The summed E-state index contributed by atoms with van der Waals surface area (Å²) in [7, 11) is -3.90. The number of nitro groups is 1. The number of nitrogens with two attached hydrogens (primary N) is 1. The molecule has 21 heavy (non-hydrogen) atoms. The number of nitrogens with one attached hydrogen (secondary N) is 3. The van der Waals surface area contributed by atoms with Crippen molar-refractivity contribution in [2.75, 3.05) is 5.43 Å². The number of aromatic nitrogens is 2. The molecule has 0 amide bonds. The molecule has 0 aliphatic carbocycles. The number of nitrogen functional groups attached to an aromatic ring is 1. The average Bonchev–Trinajstić information content (AvgIpc) is 3.07. The molecule has 0 spiro atoms. The predicted molar refractivity (Wildman–Crippen MR) is 76.1 cm³/mol. The van der Waals surface area contributed by atoms with Crippen molar-refractivity contribution in [3.8, 4) is 0 Å². The fraction of sp³-hybridized carbons (Fsp3) is 0.222. The molecular formula is C9H12N6O4S2. The van der Waals surface area contributed by atoms with Gasteiger partial charge in [0.15, 0.2) is 5.00 Å². The summed E-state index contributed by atoms with van der Waals surface area (Å²) >= 11 is 0.682. The summed E-state index contributed by atoms with van der Waals surface area (Å²) in [4.78, 5) is 10.1. The Morgan fingerprint density at radius 2 is 2.29 bits per heavy atom. The van der Waals surface area contributed by atoms with Crippen LogP contribution in [0.5, 0.6) is 0 Å². The van der Waals surface area contributed by atoms with Gasteiger partial charge < -0.3 is 5.43 Å². The van der Waals surface area contributed by atoms with E-state index >= 15 is 0 Å². The van der Waals surface area contributed by atoms with Gasteiger partial charge in [0.05, 0.1) is 11.1 Å². The molecule has 1 unspecified atom stereocenters. The van der Waals surface area contributed by atoms with Gasteiger partial charge in [0, 0.05) is 23.9 Å². The summed E-state index contributed by atoms with van der Waals surface area (Å²) in [5.41, 5.74) is 2.37. The van der Waals surface area contributed by atoms with Gasteiger partial charge in [-0.3, -0.25) is 15.2 Å². The van der Waals surface area contributed by atoms with Crippen molar-refractivity contribution in [3.63, 3.8) is 0 Å². The molecule has 0 bridgehead atoms. The quantitative estimate of drug-likeness (QED) is 0.344. The second-order valence-electron chi connectivity index (χ2n) is 4.06. The topological polar surface area (TPSA) is 156 Å². The average molecular weight is 332 g/mol. The molecule has 0 saturated carbocycles. The molecule has 0 fully saturated rings. The van der Waals surface area contributed by atoms with E-state index in [4.69, 9.17) is 5.84 Å². The Morgan fingerprint density at radius 3 is 2.76 bits per heavy atom. The van der Waals surface area contributed by atoms with Crippen molar-refractivity contribution in [1.82, 2.24) is 14.9 Å². The summed E-state index contributed by atoms with van der Waals surface area (Å²) in [5.74, 6) is 5.15. The van der Waals surface area contributed by atoms with Crippen molar-refractivity contribution in [3.05, 3.63) is 34.1 Å². The highest BCUT2D eigenvalue weighted by atomic mass is 32.2. The first-order valence-corrected chi connectivity index (χ1v) is 7.91. The van der Waals surface area contributed by atoms with Crippen molar-refractivity contribution >= 4 is 32.0 Å². The normalized spacial score (nSPS) is 13.0. The summed E-state index contributed by atoms with van der Waals surface area (Å²) in [5, 5.41) is 17.1. The van der Waals surface area contributed by atoms with Crippen LogP contribution >= 0.6 is 11.3 Å². The Kier molecular flexibility index (Phi) is 4.22. The molecule has 114 valence electrons. The molecular weight excluding hydrogens is 320 g/mol. The molecule has 0 aliphatic heterocycles. The SMILES string of the molecule is CC(NS(=O)(=O)c1cc([N+](=O)[O-])c(NN)s1)c1cn[nH]c1. The van der Waals surface area contributed by atoms with Crippen LogP contribution in [-0.2, 0) is 10.0 Å². The number of hydrazine groups is 1. The molecule has 5 N–H and O–H groups in total. The Hall–Kier alpha value is -2.02. The minimum absolute atomic E-state index is 0.0312. The van der Waals surface area contributed by atoms with Gasteiger partial charge in [-0.05, 0) is 6.92 Å². The molecule has 10 nitrogen and oxygen atoms in total. The number of thiophene rings is 1. The van der Waals surface area contributed by atoms with Gasteiger partial charge in [-0.15, -0.1) is 0 Å². The van der Waals surface area contributed by atoms with E-state index in [1.165, 1.54) is 6.20 Å². The molecule has 2 aromatic rings. The summed E-state index contributed by atoms with van der Waals surface area (Å²) in [6, 6.07) is 0.425. The maximum atomic E-state index is 12.2. The fourth-order valence-electron chi connectivity index (χ4n) is 1.59. The van der Waals surface area contributed by atoms with E-state index < -0.39 is 21.0 Å². The van der Waals surface area contributed by atoms with E-state index in [2.05, 4.69) is 20.3 Å². The zero-order valence-corrected chi connectivity index (χ0v) is 12.4. The second kappa shape index (κ2) is 5.77. The van der Waals surface area contributed by atoms with Crippen LogP contribution in [0.1, 0.15) is 18.5 Å². The molecule has 0 radical (unpaired) electrons. The summed E-state index contributed by atoms with van der Waals surface area (Å²) in [6.45, 7) is 1.63. The standard InChI is InChI=1S/C9H12N6O4S2/c1-5(6-3-11-12-4-6)14-21(18,19)8-2-7(15(16)17)9(13-10)20-8/h2-5,13-14H,10H2,1H3,(H,11,12). The second-order valence-corrected chi connectivity index (χ2v) is 7.05. The van der Waals surface area contributed by atoms with Gasteiger partial charge in [-0.2, -0.15) is 5.10 Å². The van der Waals surface area contributed by atoms with E-state index in [1.54, 1.807) is 13.1 Å². The third-order valence-corrected chi connectivity index (χ3v) is 5.70. The van der Waals surface area contributed by atoms with Gasteiger partial charge in [-0.25, -0.2) is 19.0 Å². The van der Waals surface area contributed by atoms with Crippen LogP contribution in [-0.4, -0.2) is 23.5 Å². The van der Waals surface area contributed by atoms with Crippen molar-refractivity contribution in [2.24, 2.45) is 5.84 Å². The summed E-state index contributed by atoms with van der Waals surface area (Å²) in [6.07, 6.45) is 3.04. The van der Waals surface area contributed by atoms with Crippen molar-refractivity contribution in [1.29, 1.82) is 0 Å². The van der Waals surface area contributed by atoms with Crippen LogP contribution in [0.25, 0.3) is 0 Å². The Labute approximate surface area is 123 Å². The van der Waals surface area contributed by atoms with Gasteiger partial charge in [0.1, 0.15) is 4.21 Å². The lowest BCUT2D eigenvalue weighted by Crippen LogP contribution is -2.26. The summed E-state index contributed by atoms with van der Waals surface area (Å²) < 4.78 is 26.7. The zero-order valence-electron chi connectivity index (χ0n) is 10.7. The van der Waals surface area contributed by atoms with E-state index in [1.807, 2.05) is 0 Å². The fourth-order valence-corrected chi connectivity index (χ4v) is 4.07. The Morgan fingerprint density at radius 1 is 1.57 bits per heavy atom. The molecule has 0 aliphatic rings. The maximum absolute atomic E-state index is 12.2. The highest BCUT2D eigenvalue weighted by Gasteiger charge is 2.27. The molecule has 12 heteroatoms. The number of rotatable bonds is 6. The van der Waals surface area contributed by atoms with Crippen LogP contribution in [0, 0.1) is 10.1 Å². The van der Waals surface area contributed by atoms with Gasteiger partial charge in [-0.1, -0.05) is 11.3 Å². The minimum Gasteiger partial charge on any atom is -0.310 e. The number of sulfonamides is 1. The maximum Gasteiger partial charge on any atom is 0.306 e. The monoisotopic (exact) mass is 332 g/mol. The molecule has 2 rings (SSSR count). The van der Waals surface area contributed by atoms with E-state index in [0.717, 1.165) is 6.07 Å². The number of aromatic amines is 1. The predicted octanol–water partition coefficient (Wildman–Crippen LogP) is 0.704. The Balaban J connectivity index is 2.29. The number of nitrogens with zero attached hydrogens (tertiary/aromatic N) is 2. The molecule has 2 aromatic heterocycles. The van der Waals surface area contributed by atoms with E-state index in [9.17, 15) is 18.5 Å². The number of anilines is 1. The lowest BCUT2D eigenvalue weighted by atomic mass is 10.2. The first kappa shape index (κ1) is 15.4. The van der Waals surface area contributed by atoms with Crippen LogP contribution in [0.3, 0.4) is 0 Å². The van der Waals surface area contributed by atoms with Gasteiger partial charge in [0.25, 0.3) is 10.0 Å². The van der Waals surface area contributed by atoms with Crippen molar-refractivity contribution < 1.29 is 13.3 Å². The molecule has 1 atom stereocenters. The lowest BCUT2D eigenvalue weighted by molar-refractivity contribution is -0.383. The van der Waals surface area contributed by atoms with Gasteiger partial charge >= 0.3 is 5.69 Å². The van der Waals surface area contributed by atoms with Crippen molar-refractivity contribution in [2.45, 2.75) is 17.2 Å². The highest BCUT2D eigenvalue weighted by Crippen LogP contribution is 2.36. The third-order valence-electron chi connectivity index (χ3n) is 2.63. The molecule has 0 saturated heterocycles. The molecule has 2 heterocycles. The number of hydrogen-bond acceptors (Lipinski definition) is 8. The van der Waals surface area contributed by atoms with Gasteiger partial charge in [0.2, 0.25) is 0 Å². The smallest absolute Gasteiger partial charge is 0.306 e. The van der Waals surface area contributed by atoms with Crippen LogP contribution in [0.2, 0.25) is 0 Å². The lowest BCUT2D eigenvalue weighted by Gasteiger charge is -2.10. The largest absolute Gasteiger partial charge is 0.310 e. The van der Waals surface area contributed by atoms with E-state index in [-0.39, 0.29) is 14.9 Å². The van der Waals surface area contributed by atoms with Crippen LogP contribution in [0.4, 0.5) is 10.7 Å².